The number of ether oxygens (including phenoxy) is 1. The number of carbonyl (C=O) groups is 1. The first-order valence-electron chi connectivity index (χ1n) is 8.38. The van der Waals surface area contributed by atoms with Gasteiger partial charge in [0.1, 0.15) is 0 Å². The highest BCUT2D eigenvalue weighted by molar-refractivity contribution is 5.85. The van der Waals surface area contributed by atoms with E-state index >= 15 is 0 Å². The lowest BCUT2D eigenvalue weighted by atomic mass is 9.67. The largest absolute Gasteiger partial charge is 0.381 e. The maximum absolute atomic E-state index is 12.7. The summed E-state index contributed by atoms with van der Waals surface area (Å²) in [6, 6.07) is 0. The fraction of sp³-hybridized carbons (Fsp3) is 0.938. The number of amides is 1. The van der Waals surface area contributed by atoms with Crippen molar-refractivity contribution in [1.29, 1.82) is 0 Å². The van der Waals surface area contributed by atoms with Crippen LogP contribution in [0.1, 0.15) is 44.9 Å². The van der Waals surface area contributed by atoms with E-state index in [9.17, 15) is 4.79 Å². The number of rotatable bonds is 4. The van der Waals surface area contributed by atoms with Crippen LogP contribution in [0, 0.1) is 17.3 Å². The third-order valence-electron chi connectivity index (χ3n) is 5.67. The van der Waals surface area contributed by atoms with Crippen molar-refractivity contribution in [3.05, 3.63) is 0 Å². The van der Waals surface area contributed by atoms with Gasteiger partial charge < -0.3 is 15.4 Å². The van der Waals surface area contributed by atoms with Crippen molar-refractivity contribution in [2.24, 2.45) is 17.3 Å². The van der Waals surface area contributed by atoms with Crippen molar-refractivity contribution in [1.82, 2.24) is 10.6 Å². The predicted molar refractivity (Wildman–Crippen MR) is 85.7 cm³/mol. The minimum absolute atomic E-state index is 0. The molecule has 1 amide bonds. The zero-order chi connectivity index (χ0) is 13.8. The molecule has 1 aliphatic carbocycles. The van der Waals surface area contributed by atoms with Gasteiger partial charge >= 0.3 is 0 Å². The van der Waals surface area contributed by atoms with Crippen molar-refractivity contribution in [2.75, 3.05) is 32.8 Å². The summed E-state index contributed by atoms with van der Waals surface area (Å²) in [6.45, 7) is 4.56. The van der Waals surface area contributed by atoms with Crippen molar-refractivity contribution < 1.29 is 9.53 Å². The molecule has 2 saturated heterocycles. The molecule has 122 valence electrons. The Hall–Kier alpha value is -0.320. The standard InChI is InChI=1S/C16H28N2O2.ClH/c19-15(18-8-4-13-5-9-20-10-6-13)16-7-2-1-3-14(16)11-17-12-16;/h13-14,17H,1-12H2,(H,18,19);1H/t14-,16+;/m0./s1. The van der Waals surface area contributed by atoms with E-state index in [-0.39, 0.29) is 17.8 Å². The fourth-order valence-corrected chi connectivity index (χ4v) is 4.29. The molecule has 0 radical (unpaired) electrons. The lowest BCUT2D eigenvalue weighted by Crippen LogP contribution is -2.48. The Kier molecular flexibility index (Phi) is 6.33. The average molecular weight is 317 g/mol. The van der Waals surface area contributed by atoms with Crippen LogP contribution in [0.3, 0.4) is 0 Å². The minimum atomic E-state index is -0.0894. The van der Waals surface area contributed by atoms with Crippen LogP contribution in [0.2, 0.25) is 0 Å². The van der Waals surface area contributed by atoms with Gasteiger partial charge in [0.2, 0.25) is 5.91 Å². The molecular formula is C16H29ClN2O2. The molecule has 0 aromatic carbocycles. The molecule has 1 saturated carbocycles. The Balaban J connectivity index is 0.00000161. The normalized spacial score (nSPS) is 33.0. The number of carbonyl (C=O) groups excluding carboxylic acids is 1. The van der Waals surface area contributed by atoms with Crippen LogP contribution in [0.25, 0.3) is 0 Å². The smallest absolute Gasteiger partial charge is 0.227 e. The minimum Gasteiger partial charge on any atom is -0.381 e. The number of fused-ring (bicyclic) bond motifs is 1. The Morgan fingerprint density at radius 2 is 2.05 bits per heavy atom. The third-order valence-corrected chi connectivity index (χ3v) is 5.67. The highest BCUT2D eigenvalue weighted by atomic mass is 35.5. The molecular weight excluding hydrogens is 288 g/mol. The van der Waals surface area contributed by atoms with Crippen molar-refractivity contribution >= 4 is 18.3 Å². The molecule has 2 atom stereocenters. The van der Waals surface area contributed by atoms with Crippen LogP contribution in [-0.2, 0) is 9.53 Å². The summed E-state index contributed by atoms with van der Waals surface area (Å²) in [6.07, 6.45) is 8.24. The van der Waals surface area contributed by atoms with E-state index < -0.39 is 0 Å². The van der Waals surface area contributed by atoms with Gasteiger partial charge in [-0.1, -0.05) is 12.8 Å². The topological polar surface area (TPSA) is 50.4 Å². The molecule has 21 heavy (non-hydrogen) atoms. The van der Waals surface area contributed by atoms with E-state index in [1.54, 1.807) is 0 Å². The van der Waals surface area contributed by atoms with E-state index in [2.05, 4.69) is 10.6 Å². The number of nitrogens with one attached hydrogen (secondary N) is 2. The van der Waals surface area contributed by atoms with Crippen LogP contribution in [0.15, 0.2) is 0 Å². The molecule has 3 rings (SSSR count). The van der Waals surface area contributed by atoms with E-state index in [0.717, 1.165) is 64.4 Å². The second-order valence-electron chi connectivity index (χ2n) is 6.83. The predicted octanol–water partition coefficient (Wildman–Crippen LogP) is 2.12. The van der Waals surface area contributed by atoms with Crippen molar-refractivity contribution in [3.8, 4) is 0 Å². The van der Waals surface area contributed by atoms with Crippen LogP contribution >= 0.6 is 12.4 Å². The highest BCUT2D eigenvalue weighted by Gasteiger charge is 2.49. The van der Waals surface area contributed by atoms with Gasteiger partial charge in [-0.25, -0.2) is 0 Å². The van der Waals surface area contributed by atoms with Crippen LogP contribution in [0.5, 0.6) is 0 Å². The quantitative estimate of drug-likeness (QED) is 0.835. The molecule has 5 heteroatoms. The maximum Gasteiger partial charge on any atom is 0.227 e. The Morgan fingerprint density at radius 1 is 1.24 bits per heavy atom. The fourth-order valence-electron chi connectivity index (χ4n) is 4.29. The average Bonchev–Trinajstić information content (AvgIpc) is 2.93. The lowest BCUT2D eigenvalue weighted by Gasteiger charge is -2.37. The number of hydrogen-bond donors (Lipinski definition) is 2. The zero-order valence-corrected chi connectivity index (χ0v) is 13.7. The summed E-state index contributed by atoms with van der Waals surface area (Å²) in [5.74, 6) is 1.63. The Labute approximate surface area is 134 Å². The lowest BCUT2D eigenvalue weighted by molar-refractivity contribution is -0.134. The van der Waals surface area contributed by atoms with Gasteiger partial charge in [-0.3, -0.25) is 4.79 Å². The van der Waals surface area contributed by atoms with Gasteiger partial charge in [0.15, 0.2) is 0 Å². The molecule has 2 N–H and O–H groups in total. The first-order valence-corrected chi connectivity index (χ1v) is 8.38. The van der Waals surface area contributed by atoms with Gasteiger partial charge in [0, 0.05) is 26.3 Å². The summed E-state index contributed by atoms with van der Waals surface area (Å²) < 4.78 is 5.38. The summed E-state index contributed by atoms with van der Waals surface area (Å²) in [7, 11) is 0. The molecule has 0 unspecified atom stereocenters. The van der Waals surface area contributed by atoms with Gasteiger partial charge in [0.05, 0.1) is 5.41 Å². The first kappa shape index (κ1) is 17.0. The van der Waals surface area contributed by atoms with E-state index in [0.29, 0.717) is 11.8 Å². The maximum atomic E-state index is 12.7. The molecule has 2 heterocycles. The summed E-state index contributed by atoms with van der Waals surface area (Å²) in [4.78, 5) is 12.7. The van der Waals surface area contributed by atoms with Gasteiger partial charge in [-0.05, 0) is 50.5 Å². The molecule has 0 bridgehead atoms. The summed E-state index contributed by atoms with van der Waals surface area (Å²) >= 11 is 0. The molecule has 0 spiro atoms. The van der Waals surface area contributed by atoms with Crippen LogP contribution in [-0.4, -0.2) is 38.8 Å². The monoisotopic (exact) mass is 316 g/mol. The number of hydrogen-bond acceptors (Lipinski definition) is 3. The van der Waals surface area contributed by atoms with E-state index in [1.807, 2.05) is 0 Å². The van der Waals surface area contributed by atoms with Crippen molar-refractivity contribution in [2.45, 2.75) is 44.9 Å². The van der Waals surface area contributed by atoms with Gasteiger partial charge in [-0.2, -0.15) is 0 Å². The van der Waals surface area contributed by atoms with Gasteiger partial charge in [0.25, 0.3) is 0 Å². The molecule has 0 aromatic rings. The third kappa shape index (κ3) is 3.72. The van der Waals surface area contributed by atoms with E-state index in [4.69, 9.17) is 4.74 Å². The molecule has 2 aliphatic heterocycles. The first-order chi connectivity index (χ1) is 9.81. The Morgan fingerprint density at radius 3 is 2.86 bits per heavy atom. The second kappa shape index (κ2) is 7.80. The van der Waals surface area contributed by atoms with Gasteiger partial charge in [-0.15, -0.1) is 12.4 Å². The van der Waals surface area contributed by atoms with E-state index in [1.165, 1.54) is 19.3 Å². The molecule has 3 fully saturated rings. The van der Waals surface area contributed by atoms with Crippen LogP contribution in [0.4, 0.5) is 0 Å². The molecule has 0 aromatic heterocycles. The molecule has 3 aliphatic rings. The summed E-state index contributed by atoms with van der Waals surface area (Å²) in [5.41, 5.74) is -0.0894. The SMILES string of the molecule is Cl.O=C(NCCC1CCOCC1)[C@@]12CCCC[C@H]1CNC2. The zero-order valence-electron chi connectivity index (χ0n) is 12.9. The number of halogens is 1. The van der Waals surface area contributed by atoms with Crippen LogP contribution < -0.4 is 10.6 Å². The highest BCUT2D eigenvalue weighted by Crippen LogP contribution is 2.43. The summed E-state index contributed by atoms with van der Waals surface area (Å²) in [5, 5.41) is 6.69. The van der Waals surface area contributed by atoms with Crippen molar-refractivity contribution in [3.63, 3.8) is 0 Å². The molecule has 4 nitrogen and oxygen atoms in total. The second-order valence-corrected chi connectivity index (χ2v) is 6.83. The Bertz CT molecular complexity index is 347.